The molecule has 3 aliphatic carbocycles. The number of amides is 2. The molecule has 2 amide bonds. The fourth-order valence-electron chi connectivity index (χ4n) is 5.73. The summed E-state index contributed by atoms with van der Waals surface area (Å²) >= 11 is 0. The summed E-state index contributed by atoms with van der Waals surface area (Å²) in [6.45, 7) is 0.813. The maximum absolute atomic E-state index is 12.4. The van der Waals surface area contributed by atoms with Gasteiger partial charge in [0.25, 0.3) is 0 Å². The number of benzene rings is 2. The lowest BCUT2D eigenvalue weighted by molar-refractivity contribution is -0.142. The van der Waals surface area contributed by atoms with Gasteiger partial charge in [-0.25, -0.2) is 9.59 Å². The van der Waals surface area contributed by atoms with Crippen molar-refractivity contribution in [3.63, 3.8) is 0 Å². The SMILES string of the molecule is O=C(CC1CCC(CNC(=O)OCC2c3ccccc3-c3ccccc32)C1)NC(C(=O)O)C1CC1. The molecule has 0 heterocycles. The largest absolute Gasteiger partial charge is 0.480 e. The highest BCUT2D eigenvalue weighted by atomic mass is 16.5. The number of carbonyl (C=O) groups excluding carboxylic acids is 2. The van der Waals surface area contributed by atoms with Crippen molar-refractivity contribution in [1.29, 1.82) is 0 Å². The molecule has 3 aliphatic rings. The van der Waals surface area contributed by atoms with E-state index >= 15 is 0 Å². The van der Waals surface area contributed by atoms with E-state index in [1.807, 2.05) is 24.3 Å². The second kappa shape index (κ2) is 10.1. The zero-order valence-corrected chi connectivity index (χ0v) is 19.7. The van der Waals surface area contributed by atoms with Gasteiger partial charge in [-0.3, -0.25) is 4.79 Å². The maximum atomic E-state index is 12.4. The average molecular weight is 477 g/mol. The van der Waals surface area contributed by atoms with Crippen molar-refractivity contribution in [2.45, 2.75) is 50.5 Å². The van der Waals surface area contributed by atoms with E-state index < -0.39 is 18.1 Å². The third-order valence-corrected chi connectivity index (χ3v) is 7.68. The summed E-state index contributed by atoms with van der Waals surface area (Å²) < 4.78 is 5.62. The van der Waals surface area contributed by atoms with Crippen molar-refractivity contribution >= 4 is 18.0 Å². The van der Waals surface area contributed by atoms with Crippen LogP contribution in [0.15, 0.2) is 48.5 Å². The van der Waals surface area contributed by atoms with Gasteiger partial charge in [-0.1, -0.05) is 48.5 Å². The summed E-state index contributed by atoms with van der Waals surface area (Å²) in [7, 11) is 0. The van der Waals surface area contributed by atoms with Gasteiger partial charge >= 0.3 is 12.1 Å². The number of fused-ring (bicyclic) bond motifs is 3. The molecule has 0 radical (unpaired) electrons. The number of nitrogens with one attached hydrogen (secondary N) is 2. The summed E-state index contributed by atoms with van der Waals surface area (Å²) in [5, 5.41) is 14.9. The normalized spacial score (nSPS) is 21.6. The Balaban J connectivity index is 1.06. The van der Waals surface area contributed by atoms with E-state index in [2.05, 4.69) is 34.9 Å². The van der Waals surface area contributed by atoms with E-state index in [0.717, 1.165) is 32.1 Å². The number of alkyl carbamates (subject to hydrolysis) is 1. The molecule has 7 nitrogen and oxygen atoms in total. The molecule has 3 atom stereocenters. The minimum atomic E-state index is -0.947. The van der Waals surface area contributed by atoms with Crippen LogP contribution in [0.5, 0.6) is 0 Å². The molecule has 2 saturated carbocycles. The van der Waals surface area contributed by atoms with Crippen molar-refractivity contribution in [3.05, 3.63) is 59.7 Å². The number of aliphatic carboxylic acids is 1. The lowest BCUT2D eigenvalue weighted by Gasteiger charge is -2.17. The number of hydrogen-bond donors (Lipinski definition) is 3. The highest BCUT2D eigenvalue weighted by Crippen LogP contribution is 2.44. The molecule has 2 fully saturated rings. The number of hydrogen-bond acceptors (Lipinski definition) is 4. The lowest BCUT2D eigenvalue weighted by Crippen LogP contribution is -2.42. The van der Waals surface area contributed by atoms with Crippen molar-refractivity contribution in [2.75, 3.05) is 13.2 Å². The van der Waals surface area contributed by atoms with Gasteiger partial charge in [0.1, 0.15) is 12.6 Å². The zero-order chi connectivity index (χ0) is 24.4. The molecule has 7 heteroatoms. The highest BCUT2D eigenvalue weighted by molar-refractivity contribution is 5.84. The van der Waals surface area contributed by atoms with Crippen LogP contribution in [-0.4, -0.2) is 42.3 Å². The molecule has 3 N–H and O–H groups in total. The van der Waals surface area contributed by atoms with Gasteiger partial charge in [-0.05, 0) is 72.1 Å². The van der Waals surface area contributed by atoms with E-state index in [4.69, 9.17) is 4.74 Å². The van der Waals surface area contributed by atoms with E-state index in [9.17, 15) is 19.5 Å². The Hall–Kier alpha value is -3.35. The fraction of sp³-hybridized carbons (Fsp3) is 0.464. The maximum Gasteiger partial charge on any atom is 0.407 e. The smallest absolute Gasteiger partial charge is 0.407 e. The van der Waals surface area contributed by atoms with Gasteiger partial charge in [-0.15, -0.1) is 0 Å². The number of rotatable bonds is 9. The standard InChI is InChI=1S/C28H32N2O5/c31-25(30-26(27(32)33)19-11-12-19)14-17-9-10-18(13-17)15-29-28(34)35-16-24-22-7-3-1-5-20(22)21-6-2-4-8-23(21)24/h1-8,17-19,24,26H,9-16H2,(H,29,34)(H,30,31)(H,32,33). The quantitative estimate of drug-likeness (QED) is 0.500. The number of carboxylic acids is 1. The lowest BCUT2D eigenvalue weighted by atomic mass is 9.98. The second-order valence-corrected chi connectivity index (χ2v) is 10.2. The molecule has 35 heavy (non-hydrogen) atoms. The van der Waals surface area contributed by atoms with Gasteiger partial charge in [0, 0.05) is 18.9 Å². The molecule has 3 unspecified atom stereocenters. The predicted octanol–water partition coefficient (Wildman–Crippen LogP) is 4.31. The number of ether oxygens (including phenoxy) is 1. The van der Waals surface area contributed by atoms with Crippen LogP contribution in [-0.2, 0) is 14.3 Å². The predicted molar refractivity (Wildman–Crippen MR) is 131 cm³/mol. The van der Waals surface area contributed by atoms with Crippen LogP contribution < -0.4 is 10.6 Å². The van der Waals surface area contributed by atoms with Gasteiger partial charge in [-0.2, -0.15) is 0 Å². The first-order chi connectivity index (χ1) is 17.0. The van der Waals surface area contributed by atoms with Crippen molar-refractivity contribution < 1.29 is 24.2 Å². The Morgan fingerprint density at radius 2 is 1.54 bits per heavy atom. The topological polar surface area (TPSA) is 105 Å². The van der Waals surface area contributed by atoms with Crippen LogP contribution >= 0.6 is 0 Å². The molecular weight excluding hydrogens is 444 g/mol. The van der Waals surface area contributed by atoms with Crippen molar-refractivity contribution in [3.8, 4) is 11.1 Å². The van der Waals surface area contributed by atoms with Crippen LogP contribution in [0.3, 0.4) is 0 Å². The summed E-state index contributed by atoms with van der Waals surface area (Å²) in [6, 6.07) is 15.7. The Bertz CT molecular complexity index is 1070. The van der Waals surface area contributed by atoms with Crippen LogP contribution in [0, 0.1) is 17.8 Å². The first kappa shape index (κ1) is 23.4. The monoisotopic (exact) mass is 476 g/mol. The van der Waals surface area contributed by atoms with Gasteiger partial charge in [0.2, 0.25) is 5.91 Å². The third-order valence-electron chi connectivity index (χ3n) is 7.68. The summed E-state index contributed by atoms with van der Waals surface area (Å²) in [4.78, 5) is 36.1. The Kier molecular flexibility index (Phi) is 6.75. The molecule has 2 aromatic carbocycles. The molecular formula is C28H32N2O5. The Morgan fingerprint density at radius 1 is 0.914 bits per heavy atom. The minimum Gasteiger partial charge on any atom is -0.480 e. The molecule has 0 aromatic heterocycles. The zero-order valence-electron chi connectivity index (χ0n) is 19.7. The van der Waals surface area contributed by atoms with E-state index in [1.165, 1.54) is 22.3 Å². The first-order valence-corrected chi connectivity index (χ1v) is 12.6. The minimum absolute atomic E-state index is 0.0350. The summed E-state index contributed by atoms with van der Waals surface area (Å²) in [6.07, 6.45) is 4.35. The summed E-state index contributed by atoms with van der Waals surface area (Å²) in [5.41, 5.74) is 4.77. The molecule has 0 aliphatic heterocycles. The molecule has 0 spiro atoms. The van der Waals surface area contributed by atoms with Crippen LogP contribution in [0.2, 0.25) is 0 Å². The molecule has 0 saturated heterocycles. The average Bonchev–Trinajstić information content (AvgIpc) is 3.52. The molecule has 5 rings (SSSR count). The van der Waals surface area contributed by atoms with Crippen molar-refractivity contribution in [1.82, 2.24) is 10.6 Å². The first-order valence-electron chi connectivity index (χ1n) is 12.6. The van der Waals surface area contributed by atoms with E-state index in [1.54, 1.807) is 0 Å². The second-order valence-electron chi connectivity index (χ2n) is 10.2. The van der Waals surface area contributed by atoms with Gasteiger partial charge in [0.05, 0.1) is 0 Å². The van der Waals surface area contributed by atoms with Gasteiger partial charge in [0.15, 0.2) is 0 Å². The Labute approximate surface area is 205 Å². The van der Waals surface area contributed by atoms with E-state index in [-0.39, 0.29) is 23.7 Å². The van der Waals surface area contributed by atoms with Crippen LogP contribution in [0.1, 0.15) is 55.6 Å². The molecule has 184 valence electrons. The van der Waals surface area contributed by atoms with E-state index in [0.29, 0.717) is 25.5 Å². The fourth-order valence-corrected chi connectivity index (χ4v) is 5.73. The Morgan fingerprint density at radius 3 is 2.17 bits per heavy atom. The highest BCUT2D eigenvalue weighted by Gasteiger charge is 2.38. The third kappa shape index (κ3) is 5.34. The summed E-state index contributed by atoms with van der Waals surface area (Å²) in [5.74, 6) is -0.496. The molecule has 2 aromatic rings. The number of carbonyl (C=O) groups is 3. The van der Waals surface area contributed by atoms with Gasteiger partial charge < -0.3 is 20.5 Å². The molecule has 0 bridgehead atoms. The number of carboxylic acid groups (broad SMARTS) is 1. The van der Waals surface area contributed by atoms with Crippen LogP contribution in [0.25, 0.3) is 11.1 Å². The van der Waals surface area contributed by atoms with Crippen LogP contribution in [0.4, 0.5) is 4.79 Å². The van der Waals surface area contributed by atoms with Crippen molar-refractivity contribution in [2.24, 2.45) is 17.8 Å².